The molecule has 0 fully saturated rings. The largest absolute Gasteiger partial charge is 0.472 e. The molecule has 0 saturated heterocycles. The number of aliphatic hydroxyl groups excluding tert-OH is 1. The van der Waals surface area contributed by atoms with E-state index in [1.807, 2.05) is 27.2 Å². The van der Waals surface area contributed by atoms with Gasteiger partial charge in [-0.25, -0.2) is 4.57 Å². The average Bonchev–Trinajstić information content (AvgIpc) is 3.29. The molecule has 67 heavy (non-hydrogen) atoms. The van der Waals surface area contributed by atoms with Gasteiger partial charge in [0.05, 0.1) is 39.9 Å². The average molecular weight is 967 g/mol. The molecule has 3 unspecified atom stereocenters. The fourth-order valence-electron chi connectivity index (χ4n) is 8.53. The first-order chi connectivity index (χ1) is 32.5. The first-order valence-electron chi connectivity index (χ1n) is 28.9. The van der Waals surface area contributed by atoms with E-state index < -0.39 is 20.0 Å². The lowest BCUT2D eigenvalue weighted by atomic mass is 10.0. The summed E-state index contributed by atoms with van der Waals surface area (Å²) in [6.07, 6.45) is 64.0. The molecule has 0 aliphatic rings. The van der Waals surface area contributed by atoms with Crippen molar-refractivity contribution in [3.63, 3.8) is 0 Å². The molecule has 3 atom stereocenters. The van der Waals surface area contributed by atoms with Crippen LogP contribution in [0.4, 0.5) is 0 Å². The lowest BCUT2D eigenvalue weighted by molar-refractivity contribution is -0.870. The Morgan fingerprint density at radius 1 is 0.507 bits per heavy atom. The lowest BCUT2D eigenvalue weighted by Gasteiger charge is -2.25. The fraction of sp³-hybridized carbons (Fsp3) is 0.879. The van der Waals surface area contributed by atoms with Gasteiger partial charge in [0.15, 0.2) is 0 Å². The normalized spacial score (nSPS) is 14.2. The number of carbonyl (C=O) groups excluding carboxylic acids is 1. The third kappa shape index (κ3) is 52.4. The van der Waals surface area contributed by atoms with Crippen molar-refractivity contribution in [3.8, 4) is 0 Å². The zero-order valence-corrected chi connectivity index (χ0v) is 46.0. The summed E-state index contributed by atoms with van der Waals surface area (Å²) in [5, 5.41) is 13.9. The molecular formula is C58H114N2O6P+. The number of unbranched alkanes of at least 4 members (excludes halogenated alkanes) is 36. The van der Waals surface area contributed by atoms with E-state index in [2.05, 4.69) is 43.5 Å². The predicted molar refractivity (Wildman–Crippen MR) is 291 cm³/mol. The van der Waals surface area contributed by atoms with Crippen molar-refractivity contribution in [1.29, 1.82) is 0 Å². The van der Waals surface area contributed by atoms with Gasteiger partial charge in [-0.1, -0.05) is 262 Å². The van der Waals surface area contributed by atoms with Gasteiger partial charge in [0, 0.05) is 6.42 Å². The molecule has 0 aromatic carbocycles. The van der Waals surface area contributed by atoms with E-state index >= 15 is 0 Å². The number of phosphoric acid groups is 1. The summed E-state index contributed by atoms with van der Waals surface area (Å²) in [6, 6.07) is -0.854. The van der Waals surface area contributed by atoms with E-state index in [0.29, 0.717) is 17.4 Å². The molecular weight excluding hydrogens is 852 g/mol. The third-order valence-electron chi connectivity index (χ3n) is 13.1. The van der Waals surface area contributed by atoms with Crippen molar-refractivity contribution in [1.82, 2.24) is 5.32 Å². The number of rotatable bonds is 53. The number of hydrogen-bond donors (Lipinski definition) is 3. The van der Waals surface area contributed by atoms with Crippen LogP contribution < -0.4 is 5.32 Å². The Kier molecular flexibility index (Phi) is 48.7. The van der Waals surface area contributed by atoms with Gasteiger partial charge in [-0.2, -0.15) is 0 Å². The first-order valence-corrected chi connectivity index (χ1v) is 30.4. The summed E-state index contributed by atoms with van der Waals surface area (Å²) < 4.78 is 23.7. The van der Waals surface area contributed by atoms with Crippen LogP contribution in [0, 0.1) is 0 Å². The Morgan fingerprint density at radius 3 is 1.27 bits per heavy atom. The van der Waals surface area contributed by atoms with Crippen LogP contribution in [0.3, 0.4) is 0 Å². The Hall–Kier alpha value is -1.28. The van der Waals surface area contributed by atoms with E-state index in [0.717, 1.165) is 64.2 Å². The number of nitrogens with one attached hydrogen (secondary N) is 1. The SMILES string of the molecule is CCCC/C=C\C/C=C\CCCCCCCC(=O)NC(COP(=O)(O)OCC[N+](C)(C)C)C(O)/C=C/CCCCCCCCCCCCCCCCCCCCCCCCCCCCCCC. The van der Waals surface area contributed by atoms with Gasteiger partial charge in [-0.05, 0) is 44.9 Å². The van der Waals surface area contributed by atoms with E-state index in [1.54, 1.807) is 6.08 Å². The summed E-state index contributed by atoms with van der Waals surface area (Å²) in [6.45, 7) is 4.79. The molecule has 0 radical (unpaired) electrons. The van der Waals surface area contributed by atoms with Gasteiger partial charge in [0.1, 0.15) is 13.2 Å². The van der Waals surface area contributed by atoms with Crippen LogP contribution in [-0.4, -0.2) is 73.4 Å². The van der Waals surface area contributed by atoms with Crippen molar-refractivity contribution < 1.29 is 32.9 Å². The van der Waals surface area contributed by atoms with Crippen molar-refractivity contribution in [3.05, 3.63) is 36.5 Å². The second kappa shape index (κ2) is 49.7. The predicted octanol–water partition coefficient (Wildman–Crippen LogP) is 17.4. The lowest BCUT2D eigenvalue weighted by Crippen LogP contribution is -2.45. The van der Waals surface area contributed by atoms with Gasteiger partial charge in [0.25, 0.3) is 0 Å². The topological polar surface area (TPSA) is 105 Å². The van der Waals surface area contributed by atoms with Crippen LogP contribution in [0.25, 0.3) is 0 Å². The van der Waals surface area contributed by atoms with Crippen LogP contribution in [-0.2, 0) is 18.4 Å². The molecule has 0 aromatic rings. The van der Waals surface area contributed by atoms with Crippen LogP contribution in [0.5, 0.6) is 0 Å². The number of hydrogen-bond acceptors (Lipinski definition) is 5. The Labute approximate surface area is 417 Å². The van der Waals surface area contributed by atoms with Crippen molar-refractivity contribution in [2.24, 2.45) is 0 Å². The van der Waals surface area contributed by atoms with E-state index in [-0.39, 0.29) is 19.1 Å². The summed E-state index contributed by atoms with van der Waals surface area (Å²) >= 11 is 0. The number of aliphatic hydroxyl groups is 1. The van der Waals surface area contributed by atoms with E-state index in [9.17, 15) is 19.4 Å². The van der Waals surface area contributed by atoms with Gasteiger partial charge < -0.3 is 19.8 Å². The fourth-order valence-corrected chi connectivity index (χ4v) is 9.27. The molecule has 9 heteroatoms. The first kappa shape index (κ1) is 65.7. The monoisotopic (exact) mass is 966 g/mol. The summed E-state index contributed by atoms with van der Waals surface area (Å²) in [7, 11) is 1.57. The number of quaternary nitrogens is 1. The number of nitrogens with zero attached hydrogens (tertiary/aromatic N) is 1. The van der Waals surface area contributed by atoms with Crippen LogP contribution in [0.1, 0.15) is 277 Å². The highest BCUT2D eigenvalue weighted by Crippen LogP contribution is 2.43. The molecule has 0 aliphatic heterocycles. The molecule has 3 N–H and O–H groups in total. The second-order valence-electron chi connectivity index (χ2n) is 21.0. The van der Waals surface area contributed by atoms with Crippen LogP contribution in [0.2, 0.25) is 0 Å². The van der Waals surface area contributed by atoms with Gasteiger partial charge in [-0.15, -0.1) is 0 Å². The van der Waals surface area contributed by atoms with Crippen molar-refractivity contribution in [2.45, 2.75) is 289 Å². The zero-order valence-electron chi connectivity index (χ0n) is 45.2. The molecule has 0 aliphatic carbocycles. The maximum Gasteiger partial charge on any atom is 0.472 e. The number of phosphoric ester groups is 1. The highest BCUT2D eigenvalue weighted by atomic mass is 31.2. The quantitative estimate of drug-likeness (QED) is 0.0243. The maximum absolute atomic E-state index is 12.9. The number of likely N-dealkylation sites (N-methyl/N-ethyl adjacent to an activating group) is 1. The Morgan fingerprint density at radius 2 is 0.866 bits per heavy atom. The number of amides is 1. The minimum Gasteiger partial charge on any atom is -0.387 e. The number of allylic oxidation sites excluding steroid dienone is 5. The number of carbonyl (C=O) groups is 1. The van der Waals surface area contributed by atoms with E-state index in [1.165, 1.54) is 193 Å². The molecule has 0 spiro atoms. The third-order valence-corrected chi connectivity index (χ3v) is 14.1. The van der Waals surface area contributed by atoms with Gasteiger partial charge >= 0.3 is 7.82 Å². The Bertz CT molecular complexity index is 1190. The minimum absolute atomic E-state index is 0.0587. The highest BCUT2D eigenvalue weighted by Gasteiger charge is 2.27. The van der Waals surface area contributed by atoms with Crippen molar-refractivity contribution >= 4 is 13.7 Å². The van der Waals surface area contributed by atoms with Gasteiger partial charge in [0.2, 0.25) is 5.91 Å². The van der Waals surface area contributed by atoms with Crippen molar-refractivity contribution in [2.75, 3.05) is 40.9 Å². The molecule has 0 rings (SSSR count). The molecule has 0 saturated carbocycles. The standard InChI is InChI=1S/C58H113N2O6P/c1-6-8-10-12-14-16-18-20-22-23-24-25-26-27-28-29-30-31-32-33-34-35-36-37-38-39-41-43-45-47-49-51-57(61)56(55-66-67(63,64)65-54-53-60(3,4)5)59-58(62)52-50-48-46-44-42-40-21-19-17-15-13-11-9-7-2/h13,15,19,21,49,51,56-57,61H,6-12,14,16-18,20,22-48,50,52-55H2,1-5H3,(H-,59,62,63,64)/p+1/b15-13-,21-19-,51-49+. The molecule has 1 amide bonds. The maximum atomic E-state index is 12.9. The summed E-state index contributed by atoms with van der Waals surface area (Å²) in [4.78, 5) is 23.2. The summed E-state index contributed by atoms with van der Waals surface area (Å²) in [5.41, 5.74) is 0. The summed E-state index contributed by atoms with van der Waals surface area (Å²) in [5.74, 6) is -0.189. The molecule has 0 bridgehead atoms. The van der Waals surface area contributed by atoms with E-state index in [4.69, 9.17) is 9.05 Å². The molecule has 8 nitrogen and oxygen atoms in total. The zero-order chi connectivity index (χ0) is 49.2. The minimum atomic E-state index is -4.35. The molecule has 0 aromatic heterocycles. The highest BCUT2D eigenvalue weighted by molar-refractivity contribution is 7.47. The molecule has 396 valence electrons. The molecule has 0 heterocycles. The van der Waals surface area contributed by atoms with Crippen LogP contribution >= 0.6 is 7.82 Å². The van der Waals surface area contributed by atoms with Gasteiger partial charge in [-0.3, -0.25) is 13.8 Å². The van der Waals surface area contributed by atoms with Crippen LogP contribution in [0.15, 0.2) is 36.5 Å². The Balaban J connectivity index is 4.08. The smallest absolute Gasteiger partial charge is 0.387 e. The second-order valence-corrected chi connectivity index (χ2v) is 22.5.